The van der Waals surface area contributed by atoms with Gasteiger partial charge in [0, 0.05) is 25.0 Å². The van der Waals surface area contributed by atoms with Crippen LogP contribution in [-0.2, 0) is 33.5 Å². The van der Waals surface area contributed by atoms with Crippen LogP contribution in [0.4, 0.5) is 0 Å². The Morgan fingerprint density at radius 2 is 1.70 bits per heavy atom. The van der Waals surface area contributed by atoms with Crippen LogP contribution < -0.4 is 0 Å². The van der Waals surface area contributed by atoms with Gasteiger partial charge in [0.2, 0.25) is 0 Å². The highest BCUT2D eigenvalue weighted by Crippen LogP contribution is 2.17. The second kappa shape index (κ2) is 7.11. The molecule has 1 unspecified atom stereocenters. The fraction of sp³-hybridized carbons (Fsp3) is 0.462. The van der Waals surface area contributed by atoms with E-state index in [-0.39, 0.29) is 19.4 Å². The first-order valence-electron chi connectivity index (χ1n) is 6.78. The number of aliphatic hydroxyl groups excluding tert-OH is 1. The van der Waals surface area contributed by atoms with E-state index in [0.29, 0.717) is 9.96 Å². The van der Waals surface area contributed by atoms with Gasteiger partial charge < -0.3 is 14.7 Å². The van der Waals surface area contributed by atoms with Crippen molar-refractivity contribution < 1.29 is 38.7 Å². The van der Waals surface area contributed by atoms with E-state index in [4.69, 9.17) is 9.84 Å². The molecule has 0 spiro atoms. The van der Waals surface area contributed by atoms with Crippen molar-refractivity contribution in [2.24, 2.45) is 0 Å². The Bertz CT molecular complexity index is 551. The minimum absolute atomic E-state index is 0.0520. The molecule has 0 saturated carbocycles. The molecule has 1 saturated heterocycles. The van der Waals surface area contributed by atoms with E-state index in [0.717, 1.165) is 12.2 Å². The first-order chi connectivity index (χ1) is 10.9. The lowest BCUT2D eigenvalue weighted by Gasteiger charge is -2.25. The monoisotopic (exact) mass is 326 g/mol. The number of carbonyl (C=O) groups excluding carboxylic acids is 5. The van der Waals surface area contributed by atoms with Gasteiger partial charge in [-0.05, 0) is 0 Å². The minimum atomic E-state index is -1.31. The van der Waals surface area contributed by atoms with Gasteiger partial charge in [-0.15, -0.1) is 5.06 Å². The van der Waals surface area contributed by atoms with E-state index < -0.39 is 48.9 Å². The van der Waals surface area contributed by atoms with Crippen LogP contribution in [0.3, 0.4) is 0 Å². The van der Waals surface area contributed by atoms with Gasteiger partial charge in [0.1, 0.15) is 0 Å². The van der Waals surface area contributed by atoms with Gasteiger partial charge in [-0.3, -0.25) is 19.2 Å². The Kier molecular flexibility index (Phi) is 5.19. The van der Waals surface area contributed by atoms with E-state index in [9.17, 15) is 24.0 Å². The number of hydrogen-bond acceptors (Lipinski definition) is 8. The molecule has 124 valence electrons. The van der Waals surface area contributed by atoms with Crippen molar-refractivity contribution in [1.29, 1.82) is 0 Å². The van der Waals surface area contributed by atoms with Crippen LogP contribution >= 0.6 is 0 Å². The Hall–Kier alpha value is -2.59. The van der Waals surface area contributed by atoms with E-state index in [1.165, 1.54) is 0 Å². The average Bonchev–Trinajstić information content (AvgIpc) is 3.00. The van der Waals surface area contributed by atoms with E-state index in [1.54, 1.807) is 0 Å². The maximum atomic E-state index is 11.9. The molecule has 0 radical (unpaired) electrons. The molecule has 10 nitrogen and oxygen atoms in total. The van der Waals surface area contributed by atoms with Crippen LogP contribution in [0.2, 0.25) is 0 Å². The van der Waals surface area contributed by atoms with Crippen LogP contribution in [-0.4, -0.2) is 64.1 Å². The summed E-state index contributed by atoms with van der Waals surface area (Å²) in [6, 6.07) is 0. The zero-order valence-corrected chi connectivity index (χ0v) is 12.0. The van der Waals surface area contributed by atoms with Crippen LogP contribution in [0, 0.1) is 0 Å². The predicted octanol–water partition coefficient (Wildman–Crippen LogP) is -1.76. The predicted molar refractivity (Wildman–Crippen MR) is 69.6 cm³/mol. The quantitative estimate of drug-likeness (QED) is 0.545. The Balaban J connectivity index is 2.01. The third-order valence-corrected chi connectivity index (χ3v) is 3.07. The minimum Gasteiger partial charge on any atom is -0.394 e. The van der Waals surface area contributed by atoms with Gasteiger partial charge in [0.25, 0.3) is 23.6 Å². The lowest BCUT2D eigenvalue weighted by molar-refractivity contribution is -0.201. The fourth-order valence-electron chi connectivity index (χ4n) is 2.05. The molecule has 2 heterocycles. The molecule has 0 aromatic carbocycles. The van der Waals surface area contributed by atoms with Gasteiger partial charge in [-0.2, -0.15) is 0 Å². The molecule has 0 bridgehead atoms. The standard InChI is InChI=1S/C13H14N2O8/c16-5-6-22-12(14-8(17)1-2-9(14)18)7-13(21)23-15-10(19)3-4-11(15)20/h1-2,12,16H,3-7H2. The van der Waals surface area contributed by atoms with E-state index in [2.05, 4.69) is 4.84 Å². The molecule has 0 aromatic heterocycles. The maximum absolute atomic E-state index is 11.9. The van der Waals surface area contributed by atoms with Crippen molar-refractivity contribution in [2.45, 2.75) is 25.5 Å². The molecule has 2 aliphatic heterocycles. The highest BCUT2D eigenvalue weighted by Gasteiger charge is 2.37. The number of hydrogen-bond donors (Lipinski definition) is 1. The molecule has 0 aromatic rings. The number of carbonyl (C=O) groups is 5. The van der Waals surface area contributed by atoms with Gasteiger partial charge in [-0.1, -0.05) is 0 Å². The molecule has 10 heteroatoms. The summed E-state index contributed by atoms with van der Waals surface area (Å²) in [5.41, 5.74) is 0. The van der Waals surface area contributed by atoms with Crippen LogP contribution in [0.5, 0.6) is 0 Å². The third kappa shape index (κ3) is 3.79. The molecular formula is C13H14N2O8. The van der Waals surface area contributed by atoms with Gasteiger partial charge in [-0.25, -0.2) is 9.69 Å². The summed E-state index contributed by atoms with van der Waals surface area (Å²) in [6.07, 6.45) is 0.0218. The SMILES string of the molecule is O=C(CC(OCCO)N1C(=O)C=CC1=O)ON1C(=O)CCC1=O. The second-order valence-corrected chi connectivity index (χ2v) is 4.68. The highest BCUT2D eigenvalue weighted by atomic mass is 16.7. The maximum Gasteiger partial charge on any atom is 0.337 e. The van der Waals surface area contributed by atoms with Crippen molar-refractivity contribution in [3.8, 4) is 0 Å². The molecule has 4 amide bonds. The van der Waals surface area contributed by atoms with Gasteiger partial charge >= 0.3 is 5.97 Å². The summed E-state index contributed by atoms with van der Waals surface area (Å²) >= 11 is 0. The summed E-state index contributed by atoms with van der Waals surface area (Å²) in [5.74, 6) is -3.68. The van der Waals surface area contributed by atoms with Crippen LogP contribution in [0.15, 0.2) is 12.2 Å². The van der Waals surface area contributed by atoms with E-state index in [1.807, 2.05) is 0 Å². The molecule has 23 heavy (non-hydrogen) atoms. The summed E-state index contributed by atoms with van der Waals surface area (Å²) < 4.78 is 5.11. The summed E-state index contributed by atoms with van der Waals surface area (Å²) in [7, 11) is 0. The Morgan fingerprint density at radius 3 is 2.22 bits per heavy atom. The third-order valence-electron chi connectivity index (χ3n) is 3.07. The highest BCUT2D eigenvalue weighted by molar-refractivity contribution is 6.13. The first-order valence-corrected chi connectivity index (χ1v) is 6.78. The first kappa shape index (κ1) is 16.8. The average molecular weight is 326 g/mol. The van der Waals surface area contributed by atoms with Crippen molar-refractivity contribution in [3.63, 3.8) is 0 Å². The number of nitrogens with zero attached hydrogens (tertiary/aromatic N) is 2. The number of amides is 4. The fourth-order valence-corrected chi connectivity index (χ4v) is 2.05. The Labute approximate surface area is 130 Å². The zero-order valence-electron chi connectivity index (χ0n) is 12.0. The molecule has 2 aliphatic rings. The number of rotatable bonds is 7. The lowest BCUT2D eigenvalue weighted by atomic mass is 10.3. The molecule has 1 N–H and O–H groups in total. The molecular weight excluding hydrogens is 312 g/mol. The van der Waals surface area contributed by atoms with Crippen LogP contribution in [0.25, 0.3) is 0 Å². The second-order valence-electron chi connectivity index (χ2n) is 4.68. The number of imide groups is 2. The van der Waals surface area contributed by atoms with Crippen molar-refractivity contribution in [3.05, 3.63) is 12.2 Å². The largest absolute Gasteiger partial charge is 0.394 e. The van der Waals surface area contributed by atoms with Gasteiger partial charge in [0.15, 0.2) is 6.23 Å². The van der Waals surface area contributed by atoms with Crippen molar-refractivity contribution in [2.75, 3.05) is 13.2 Å². The number of hydroxylamine groups is 2. The van der Waals surface area contributed by atoms with Gasteiger partial charge in [0.05, 0.1) is 19.6 Å². The molecule has 2 rings (SSSR count). The lowest BCUT2D eigenvalue weighted by Crippen LogP contribution is -2.44. The number of aliphatic hydroxyl groups is 1. The summed E-state index contributed by atoms with van der Waals surface area (Å²) in [4.78, 5) is 63.2. The topological polar surface area (TPSA) is 131 Å². The summed E-state index contributed by atoms with van der Waals surface area (Å²) in [5, 5.41) is 9.14. The van der Waals surface area contributed by atoms with Crippen LogP contribution in [0.1, 0.15) is 19.3 Å². The zero-order chi connectivity index (χ0) is 17.0. The molecule has 0 aliphatic carbocycles. The van der Waals surface area contributed by atoms with Crippen molar-refractivity contribution >= 4 is 29.6 Å². The number of ether oxygens (including phenoxy) is 1. The normalized spacial score (nSPS) is 19.0. The van der Waals surface area contributed by atoms with E-state index >= 15 is 0 Å². The Morgan fingerprint density at radius 1 is 1.13 bits per heavy atom. The van der Waals surface area contributed by atoms with Crippen molar-refractivity contribution in [1.82, 2.24) is 9.96 Å². The smallest absolute Gasteiger partial charge is 0.337 e. The molecule has 1 atom stereocenters. The molecule has 1 fully saturated rings. The summed E-state index contributed by atoms with van der Waals surface area (Å²) in [6.45, 7) is -0.616.